The van der Waals surface area contributed by atoms with Crippen LogP contribution in [0, 0.1) is 0 Å². The third-order valence-electron chi connectivity index (χ3n) is 5.73. The molecule has 198 valence electrons. The molecule has 0 aliphatic carbocycles. The maximum atomic E-state index is 13.6. The van der Waals surface area contributed by atoms with Crippen molar-refractivity contribution in [2.24, 2.45) is 7.05 Å². The van der Waals surface area contributed by atoms with Gasteiger partial charge in [0.05, 0.1) is 19.8 Å². The van der Waals surface area contributed by atoms with E-state index in [1.807, 2.05) is 12.1 Å². The monoisotopic (exact) mass is 648 g/mol. The molecule has 0 spiro atoms. The highest BCUT2D eigenvalue weighted by atomic mass is 127. The molecule has 2 N–H and O–H groups in total. The summed E-state index contributed by atoms with van der Waals surface area (Å²) in [5.41, 5.74) is -0.260. The molecule has 1 atom stereocenters. The molecule has 0 saturated heterocycles. The summed E-state index contributed by atoms with van der Waals surface area (Å²) in [7, 11) is 1.52. The number of rotatable bonds is 10. The summed E-state index contributed by atoms with van der Waals surface area (Å²) in [4.78, 5) is 27.6. The maximum Gasteiger partial charge on any atom is 0.332 e. The molecular formula is C24H24ClF2IN4O5. The SMILES string of the molecule is Cn1c2c(c(=O)n(CCO)c1=O)N(Cc1ccc(Cl)cc1)C(OCCOc1cccc(C(F)(F)I)c1)N2. The lowest BCUT2D eigenvalue weighted by atomic mass is 10.2. The number of hydrogen-bond donors (Lipinski definition) is 2. The molecule has 3 aromatic rings. The number of aliphatic hydroxyl groups is 1. The largest absolute Gasteiger partial charge is 0.491 e. The molecule has 1 aliphatic heterocycles. The second-order valence-electron chi connectivity index (χ2n) is 8.22. The number of ether oxygens (including phenoxy) is 2. The number of hydrogen-bond acceptors (Lipinski definition) is 7. The minimum atomic E-state index is -3.02. The van der Waals surface area contributed by atoms with Gasteiger partial charge in [0, 0.05) is 46.8 Å². The van der Waals surface area contributed by atoms with Gasteiger partial charge in [-0.2, -0.15) is 8.78 Å². The third kappa shape index (κ3) is 6.08. The number of halogens is 4. The van der Waals surface area contributed by atoms with E-state index in [2.05, 4.69) is 5.32 Å². The molecular weight excluding hydrogens is 625 g/mol. The van der Waals surface area contributed by atoms with Crippen LogP contribution in [-0.2, 0) is 28.8 Å². The molecule has 0 fully saturated rings. The molecule has 37 heavy (non-hydrogen) atoms. The van der Waals surface area contributed by atoms with Crippen LogP contribution in [0.3, 0.4) is 0 Å². The number of fused-ring (bicyclic) bond motifs is 1. The molecule has 0 radical (unpaired) electrons. The van der Waals surface area contributed by atoms with Crippen molar-refractivity contribution in [3.8, 4) is 5.75 Å². The summed E-state index contributed by atoms with van der Waals surface area (Å²) >= 11 is 7.06. The van der Waals surface area contributed by atoms with Crippen LogP contribution < -0.4 is 26.2 Å². The Hall–Kier alpha value is -2.68. The quantitative estimate of drug-likeness (QED) is 0.197. The van der Waals surface area contributed by atoms with E-state index in [-0.39, 0.29) is 55.7 Å². The zero-order chi connectivity index (χ0) is 26.7. The number of nitrogens with zero attached hydrogens (tertiary/aromatic N) is 3. The normalized spacial score (nSPS) is 15.0. The van der Waals surface area contributed by atoms with Crippen LogP contribution in [0.15, 0.2) is 58.1 Å². The summed E-state index contributed by atoms with van der Waals surface area (Å²) in [6, 6.07) is 12.7. The van der Waals surface area contributed by atoms with Crippen molar-refractivity contribution in [1.29, 1.82) is 0 Å². The molecule has 0 amide bonds. The van der Waals surface area contributed by atoms with Crippen LogP contribution in [0.2, 0.25) is 5.02 Å². The van der Waals surface area contributed by atoms with E-state index in [4.69, 9.17) is 21.1 Å². The van der Waals surface area contributed by atoms with E-state index in [1.54, 1.807) is 23.1 Å². The molecule has 1 unspecified atom stereocenters. The van der Waals surface area contributed by atoms with Crippen LogP contribution in [0.5, 0.6) is 5.75 Å². The van der Waals surface area contributed by atoms with Crippen molar-refractivity contribution in [1.82, 2.24) is 9.13 Å². The summed E-state index contributed by atoms with van der Waals surface area (Å²) in [6.45, 7) is -0.176. The smallest absolute Gasteiger partial charge is 0.332 e. The molecule has 9 nitrogen and oxygen atoms in total. The zero-order valence-corrected chi connectivity index (χ0v) is 22.6. The Morgan fingerprint density at radius 3 is 2.57 bits per heavy atom. The number of benzene rings is 2. The van der Waals surface area contributed by atoms with Crippen molar-refractivity contribution in [2.45, 2.75) is 23.4 Å². The Kier molecular flexibility index (Phi) is 8.41. The second kappa shape index (κ2) is 11.4. The molecule has 1 aliphatic rings. The number of anilines is 2. The first kappa shape index (κ1) is 27.4. The Morgan fingerprint density at radius 1 is 1.16 bits per heavy atom. The fourth-order valence-electron chi connectivity index (χ4n) is 3.95. The lowest BCUT2D eigenvalue weighted by Gasteiger charge is -2.26. The van der Waals surface area contributed by atoms with Gasteiger partial charge in [-0.25, -0.2) is 4.79 Å². The Labute approximate surface area is 229 Å². The number of aromatic nitrogens is 2. The minimum absolute atomic E-state index is 0.0480. The fraction of sp³-hybridized carbons (Fsp3) is 0.333. The van der Waals surface area contributed by atoms with E-state index < -0.39 is 21.5 Å². The van der Waals surface area contributed by atoms with Gasteiger partial charge in [-0.3, -0.25) is 13.9 Å². The van der Waals surface area contributed by atoms with Crippen molar-refractivity contribution in [3.63, 3.8) is 0 Å². The first-order valence-corrected chi connectivity index (χ1v) is 12.7. The van der Waals surface area contributed by atoms with Gasteiger partial charge >= 0.3 is 9.62 Å². The number of nitrogens with one attached hydrogen (secondary N) is 1. The highest BCUT2D eigenvalue weighted by Gasteiger charge is 2.35. The van der Waals surface area contributed by atoms with Crippen LogP contribution in [0.4, 0.5) is 20.3 Å². The second-order valence-corrected chi connectivity index (χ2v) is 10.0. The van der Waals surface area contributed by atoms with Gasteiger partial charge in [0.2, 0.25) is 6.35 Å². The van der Waals surface area contributed by atoms with Crippen molar-refractivity contribution in [2.75, 3.05) is 30.0 Å². The van der Waals surface area contributed by atoms with Gasteiger partial charge < -0.3 is 24.8 Å². The van der Waals surface area contributed by atoms with Gasteiger partial charge in [-0.1, -0.05) is 35.9 Å². The standard InChI is InChI=1S/C24H24ClF2IN4O5/c1-30-20-19(21(34)31(9-10-33)23(30)35)32(14-15-5-7-17(25)8-6-15)22(29-20)37-12-11-36-18-4-2-3-16(13-18)24(26,27)28/h2-8,13,22,29,33H,9-12,14H2,1H3. The predicted octanol–water partition coefficient (Wildman–Crippen LogP) is 3.49. The summed E-state index contributed by atoms with van der Waals surface area (Å²) in [5.74, 6) is 0.550. The maximum absolute atomic E-state index is 13.6. The Balaban J connectivity index is 1.55. The summed E-state index contributed by atoms with van der Waals surface area (Å²) in [5, 5.41) is 13.0. The molecule has 4 rings (SSSR count). The highest BCUT2D eigenvalue weighted by Crippen LogP contribution is 2.36. The van der Waals surface area contributed by atoms with Crippen LogP contribution in [0.1, 0.15) is 11.1 Å². The van der Waals surface area contributed by atoms with Gasteiger partial charge in [-0.05, 0) is 29.8 Å². The lowest BCUT2D eigenvalue weighted by Crippen LogP contribution is -2.43. The molecule has 2 heterocycles. The average molecular weight is 649 g/mol. The number of alkyl halides is 3. The molecule has 0 saturated carbocycles. The van der Waals surface area contributed by atoms with E-state index in [1.165, 1.54) is 29.8 Å². The van der Waals surface area contributed by atoms with Crippen molar-refractivity contribution < 1.29 is 23.4 Å². The Bertz CT molecular complexity index is 1380. The summed E-state index contributed by atoms with van der Waals surface area (Å²) < 4.78 is 38.0. The van der Waals surface area contributed by atoms with Gasteiger partial charge in [-0.15, -0.1) is 0 Å². The van der Waals surface area contributed by atoms with E-state index in [0.717, 1.165) is 32.7 Å². The average Bonchev–Trinajstić information content (AvgIpc) is 3.22. The topological polar surface area (TPSA) is 98.0 Å². The highest BCUT2D eigenvalue weighted by molar-refractivity contribution is 14.1. The zero-order valence-electron chi connectivity index (χ0n) is 19.7. The Morgan fingerprint density at radius 2 is 1.89 bits per heavy atom. The minimum Gasteiger partial charge on any atom is -0.491 e. The molecule has 1 aromatic heterocycles. The van der Waals surface area contributed by atoms with E-state index >= 15 is 0 Å². The number of aliphatic hydroxyl groups excluding tert-OH is 1. The first-order chi connectivity index (χ1) is 17.6. The van der Waals surface area contributed by atoms with Crippen LogP contribution in [0.25, 0.3) is 0 Å². The third-order valence-corrected chi connectivity index (χ3v) is 6.61. The first-order valence-electron chi connectivity index (χ1n) is 11.2. The van der Waals surface area contributed by atoms with Gasteiger partial charge in [0.1, 0.15) is 23.9 Å². The molecule has 2 aromatic carbocycles. The van der Waals surface area contributed by atoms with Gasteiger partial charge in [0.15, 0.2) is 0 Å². The van der Waals surface area contributed by atoms with Crippen molar-refractivity contribution >= 4 is 45.7 Å². The van der Waals surface area contributed by atoms with Crippen LogP contribution >= 0.6 is 34.2 Å². The molecule has 13 heteroatoms. The van der Waals surface area contributed by atoms with Gasteiger partial charge in [0.25, 0.3) is 5.56 Å². The summed E-state index contributed by atoms with van der Waals surface area (Å²) in [6.07, 6.45) is -0.831. The molecule has 0 bridgehead atoms. The van der Waals surface area contributed by atoms with E-state index in [0.29, 0.717) is 5.02 Å². The van der Waals surface area contributed by atoms with Crippen LogP contribution in [-0.4, -0.2) is 40.4 Å². The van der Waals surface area contributed by atoms with Crippen molar-refractivity contribution in [3.05, 3.63) is 85.5 Å². The predicted molar refractivity (Wildman–Crippen MR) is 144 cm³/mol. The van der Waals surface area contributed by atoms with E-state index in [9.17, 15) is 23.5 Å². The fourth-order valence-corrected chi connectivity index (χ4v) is 4.41. The lowest BCUT2D eigenvalue weighted by molar-refractivity contribution is 0.0499.